The summed E-state index contributed by atoms with van der Waals surface area (Å²) in [7, 11) is 1.44. The predicted molar refractivity (Wildman–Crippen MR) is 117 cm³/mol. The van der Waals surface area contributed by atoms with Gasteiger partial charge in [0.15, 0.2) is 5.69 Å². The molecular weight excluding hydrogens is 418 g/mol. The van der Waals surface area contributed by atoms with E-state index in [2.05, 4.69) is 4.98 Å². The maximum absolute atomic E-state index is 13.3. The van der Waals surface area contributed by atoms with Crippen LogP contribution < -0.4 is 21.9 Å². The lowest BCUT2D eigenvalue weighted by Gasteiger charge is -2.26. The minimum absolute atomic E-state index is 0.0361. The zero-order valence-electron chi connectivity index (χ0n) is 18.8. The lowest BCUT2D eigenvalue weighted by atomic mass is 9.81. The first-order valence-corrected chi connectivity index (χ1v) is 10.9. The lowest BCUT2D eigenvalue weighted by Crippen LogP contribution is -2.47. The molecule has 3 amide bonds. The van der Waals surface area contributed by atoms with Gasteiger partial charge in [0.1, 0.15) is 12.4 Å². The van der Waals surface area contributed by atoms with E-state index in [0.717, 1.165) is 22.6 Å². The number of aromatic amines is 1. The van der Waals surface area contributed by atoms with Crippen LogP contribution in [0.4, 0.5) is 11.5 Å². The van der Waals surface area contributed by atoms with Gasteiger partial charge >= 0.3 is 5.69 Å². The molecular formula is C21H31N5O6. The second-order valence-electron chi connectivity index (χ2n) is 8.80. The van der Waals surface area contributed by atoms with Crippen molar-refractivity contribution in [2.45, 2.75) is 46.1 Å². The van der Waals surface area contributed by atoms with Gasteiger partial charge in [0, 0.05) is 20.2 Å². The Morgan fingerprint density at radius 1 is 1.16 bits per heavy atom. The number of anilines is 2. The normalized spacial score (nSPS) is 20.7. The number of carbonyl (C=O) groups is 3. The highest BCUT2D eigenvalue weighted by molar-refractivity contribution is 6.09. The van der Waals surface area contributed by atoms with Crippen LogP contribution in [0.1, 0.15) is 39.5 Å². The third-order valence-corrected chi connectivity index (χ3v) is 6.08. The first kappa shape index (κ1) is 23.7. The highest BCUT2D eigenvalue weighted by Gasteiger charge is 2.49. The van der Waals surface area contributed by atoms with Crippen molar-refractivity contribution in [3.63, 3.8) is 0 Å². The van der Waals surface area contributed by atoms with Crippen LogP contribution in [0.3, 0.4) is 0 Å². The Balaban J connectivity index is 1.94. The van der Waals surface area contributed by atoms with E-state index < -0.39 is 23.7 Å². The number of carbonyl (C=O) groups excluding carboxylic acids is 3. The Bertz CT molecular complexity index is 989. The van der Waals surface area contributed by atoms with Gasteiger partial charge in [-0.25, -0.2) is 4.79 Å². The van der Waals surface area contributed by atoms with Crippen molar-refractivity contribution in [3.8, 4) is 0 Å². The summed E-state index contributed by atoms with van der Waals surface area (Å²) in [4.78, 5) is 68.0. The number of hydrogen-bond donors (Lipinski definition) is 2. The summed E-state index contributed by atoms with van der Waals surface area (Å²) in [6.07, 6.45) is 3.04. The number of nitrogens with one attached hydrogen (secondary N) is 1. The Labute approximate surface area is 185 Å². The number of fused-ring (bicyclic) bond motifs is 1. The van der Waals surface area contributed by atoms with Crippen LogP contribution in [0.5, 0.6) is 0 Å². The first-order valence-electron chi connectivity index (χ1n) is 10.9. The first-order chi connectivity index (χ1) is 15.2. The van der Waals surface area contributed by atoms with Crippen molar-refractivity contribution in [2.75, 3.05) is 37.4 Å². The quantitative estimate of drug-likeness (QED) is 0.528. The number of nitrogen functional groups attached to an aromatic ring is 1. The summed E-state index contributed by atoms with van der Waals surface area (Å²) in [5.41, 5.74) is 4.49. The smallest absolute Gasteiger partial charge is 0.330 e. The second kappa shape index (κ2) is 9.68. The van der Waals surface area contributed by atoms with Gasteiger partial charge in [-0.15, -0.1) is 0 Å². The topological polar surface area (TPSA) is 148 Å². The van der Waals surface area contributed by atoms with Gasteiger partial charge < -0.3 is 15.4 Å². The number of nitrogens with zero attached hydrogens (tertiary/aromatic N) is 3. The second-order valence-corrected chi connectivity index (χ2v) is 8.80. The number of imide groups is 1. The zero-order chi connectivity index (χ0) is 23.6. The largest absolute Gasteiger partial charge is 0.383 e. The summed E-state index contributed by atoms with van der Waals surface area (Å²) >= 11 is 0. The molecule has 1 aromatic heterocycles. The Kier molecular flexibility index (Phi) is 7.17. The van der Waals surface area contributed by atoms with Gasteiger partial charge in [0.25, 0.3) is 5.56 Å². The summed E-state index contributed by atoms with van der Waals surface area (Å²) in [5, 5.41) is 0. The van der Waals surface area contributed by atoms with E-state index in [-0.39, 0.29) is 60.8 Å². The van der Waals surface area contributed by atoms with Crippen LogP contribution in [-0.4, -0.2) is 59.0 Å². The maximum Gasteiger partial charge on any atom is 0.330 e. The zero-order valence-corrected chi connectivity index (χ0v) is 18.8. The van der Waals surface area contributed by atoms with Crippen LogP contribution in [-0.2, 0) is 25.7 Å². The number of nitrogens with two attached hydrogens (primary N) is 1. The van der Waals surface area contributed by atoms with Gasteiger partial charge in [0.05, 0.1) is 18.4 Å². The van der Waals surface area contributed by atoms with Crippen molar-refractivity contribution in [1.29, 1.82) is 0 Å². The standard InChI is InChI=1S/C21H31N5O6/c1-12(2)10-25-17(22)16(18(28)23-21(25)31)24(8-9-32-3)15(27)11-26-19(29)13-6-4-5-7-14(13)20(26)30/h12-14H,4-11,22H2,1-3H3,(H,23,28,31). The predicted octanol–water partition coefficient (Wildman–Crippen LogP) is -0.0706. The van der Waals surface area contributed by atoms with Crippen LogP contribution >= 0.6 is 0 Å². The summed E-state index contributed by atoms with van der Waals surface area (Å²) in [6, 6.07) is 0. The molecule has 11 heteroatoms. The van der Waals surface area contributed by atoms with E-state index in [1.807, 2.05) is 13.8 Å². The number of likely N-dealkylation sites (tertiary alicyclic amines) is 1. The van der Waals surface area contributed by atoms with E-state index in [4.69, 9.17) is 10.5 Å². The number of hydrogen-bond acceptors (Lipinski definition) is 7. The molecule has 1 aliphatic carbocycles. The molecule has 176 valence electrons. The van der Waals surface area contributed by atoms with Crippen molar-refractivity contribution in [1.82, 2.24) is 14.5 Å². The number of ether oxygens (including phenoxy) is 1. The number of rotatable bonds is 8. The molecule has 1 saturated heterocycles. The van der Waals surface area contributed by atoms with Gasteiger partial charge in [-0.2, -0.15) is 0 Å². The minimum Gasteiger partial charge on any atom is -0.383 e. The van der Waals surface area contributed by atoms with Crippen LogP contribution in [0.2, 0.25) is 0 Å². The minimum atomic E-state index is -0.815. The molecule has 2 fully saturated rings. The van der Waals surface area contributed by atoms with Crippen LogP contribution in [0.25, 0.3) is 0 Å². The molecule has 32 heavy (non-hydrogen) atoms. The summed E-state index contributed by atoms with van der Waals surface area (Å²) < 4.78 is 6.27. The number of amides is 3. The SMILES string of the molecule is COCCN(C(=O)CN1C(=O)C2CCCCC2C1=O)c1c(N)n(CC(C)C)c(=O)[nH]c1=O. The number of H-pyrrole nitrogens is 1. The third-order valence-electron chi connectivity index (χ3n) is 6.08. The molecule has 2 aliphatic rings. The van der Waals surface area contributed by atoms with Crippen molar-refractivity contribution < 1.29 is 19.1 Å². The maximum atomic E-state index is 13.3. The van der Waals surface area contributed by atoms with E-state index in [9.17, 15) is 24.0 Å². The molecule has 2 unspecified atom stereocenters. The molecule has 0 radical (unpaired) electrons. The number of aromatic nitrogens is 2. The molecule has 1 aliphatic heterocycles. The molecule has 0 bridgehead atoms. The van der Waals surface area contributed by atoms with E-state index in [0.29, 0.717) is 12.8 Å². The van der Waals surface area contributed by atoms with Crippen molar-refractivity contribution in [2.24, 2.45) is 17.8 Å². The Morgan fingerprint density at radius 3 is 2.28 bits per heavy atom. The molecule has 11 nitrogen and oxygen atoms in total. The lowest BCUT2D eigenvalue weighted by molar-refractivity contribution is -0.143. The average Bonchev–Trinajstić information content (AvgIpc) is 2.98. The fourth-order valence-corrected chi connectivity index (χ4v) is 4.54. The highest BCUT2D eigenvalue weighted by Crippen LogP contribution is 2.38. The summed E-state index contributed by atoms with van der Waals surface area (Å²) in [5.74, 6) is -2.17. The average molecular weight is 450 g/mol. The highest BCUT2D eigenvalue weighted by atomic mass is 16.5. The van der Waals surface area contributed by atoms with E-state index in [1.54, 1.807) is 0 Å². The van der Waals surface area contributed by atoms with Crippen LogP contribution in [0, 0.1) is 17.8 Å². The fourth-order valence-electron chi connectivity index (χ4n) is 4.54. The monoisotopic (exact) mass is 449 g/mol. The molecule has 1 saturated carbocycles. The van der Waals surface area contributed by atoms with Crippen LogP contribution in [0.15, 0.2) is 9.59 Å². The molecule has 3 rings (SSSR count). The molecule has 3 N–H and O–H groups in total. The summed E-state index contributed by atoms with van der Waals surface area (Å²) in [6.45, 7) is 3.57. The molecule has 1 aromatic rings. The molecule has 2 heterocycles. The van der Waals surface area contributed by atoms with Gasteiger partial charge in [-0.05, 0) is 18.8 Å². The van der Waals surface area contributed by atoms with Crippen molar-refractivity contribution >= 4 is 29.2 Å². The van der Waals surface area contributed by atoms with E-state index in [1.165, 1.54) is 11.7 Å². The van der Waals surface area contributed by atoms with Crippen molar-refractivity contribution in [3.05, 3.63) is 20.8 Å². The van der Waals surface area contributed by atoms with Gasteiger partial charge in [-0.1, -0.05) is 26.7 Å². The molecule has 0 aromatic carbocycles. The number of methoxy groups -OCH3 is 1. The van der Waals surface area contributed by atoms with Gasteiger partial charge in [0.2, 0.25) is 17.7 Å². The molecule has 0 spiro atoms. The Hall–Kier alpha value is -2.95. The van der Waals surface area contributed by atoms with Gasteiger partial charge in [-0.3, -0.25) is 33.6 Å². The Morgan fingerprint density at radius 2 is 1.75 bits per heavy atom. The third kappa shape index (κ3) is 4.47. The molecule has 2 atom stereocenters. The fraction of sp³-hybridized carbons (Fsp3) is 0.667. The van der Waals surface area contributed by atoms with E-state index >= 15 is 0 Å².